The van der Waals surface area contributed by atoms with Crippen molar-refractivity contribution in [2.45, 2.75) is 70.6 Å². The minimum absolute atomic E-state index is 0.00943. The van der Waals surface area contributed by atoms with Crippen LogP contribution in [-0.4, -0.2) is 79.5 Å². The lowest BCUT2D eigenvalue weighted by Gasteiger charge is -2.39. The summed E-state index contributed by atoms with van der Waals surface area (Å²) in [5, 5.41) is 12.3. The maximum atomic E-state index is 13.5. The summed E-state index contributed by atoms with van der Waals surface area (Å²) in [7, 11) is -3.57. The van der Waals surface area contributed by atoms with Crippen molar-refractivity contribution in [3.63, 3.8) is 0 Å². The van der Waals surface area contributed by atoms with E-state index in [1.165, 1.54) is 9.21 Å². The van der Waals surface area contributed by atoms with Crippen molar-refractivity contribution >= 4 is 21.7 Å². The highest BCUT2D eigenvalue weighted by atomic mass is 32.2. The first-order valence-corrected chi connectivity index (χ1v) is 13.2. The zero-order chi connectivity index (χ0) is 23.3. The van der Waals surface area contributed by atoms with Gasteiger partial charge in [0.1, 0.15) is 18.0 Å². The van der Waals surface area contributed by atoms with Gasteiger partial charge >= 0.3 is 0 Å². The molecule has 0 aromatic rings. The highest BCUT2D eigenvalue weighted by Crippen LogP contribution is 2.64. The molecule has 10 heteroatoms. The van der Waals surface area contributed by atoms with Gasteiger partial charge in [0.05, 0.1) is 24.9 Å². The number of sulfonamides is 1. The Bertz CT molecular complexity index is 925. The van der Waals surface area contributed by atoms with Gasteiger partial charge in [0.25, 0.3) is 0 Å². The quantitative estimate of drug-likeness (QED) is 0.628. The molecule has 4 aliphatic rings. The van der Waals surface area contributed by atoms with Crippen molar-refractivity contribution in [2.24, 2.45) is 16.7 Å². The lowest BCUT2D eigenvalue weighted by atomic mass is 9.70. The molecule has 32 heavy (non-hydrogen) atoms. The fraction of sp³-hybridized carbons (Fsp3) is 0.864. The molecule has 4 rings (SSSR count). The Labute approximate surface area is 189 Å². The van der Waals surface area contributed by atoms with E-state index in [4.69, 9.17) is 5.26 Å². The second-order valence-corrected chi connectivity index (χ2v) is 12.5. The molecule has 1 amide bonds. The number of piperidine rings is 1. The number of hydrogen-bond donors (Lipinski definition) is 1. The van der Waals surface area contributed by atoms with E-state index in [1.807, 2.05) is 19.9 Å². The molecule has 0 aromatic carbocycles. The average molecular weight is 469 g/mol. The van der Waals surface area contributed by atoms with Gasteiger partial charge < -0.3 is 10.2 Å². The van der Waals surface area contributed by atoms with E-state index < -0.39 is 27.7 Å². The fourth-order valence-electron chi connectivity index (χ4n) is 6.36. The van der Waals surface area contributed by atoms with E-state index >= 15 is 0 Å². The minimum Gasteiger partial charge on any atom is -0.323 e. The van der Waals surface area contributed by atoms with Crippen LogP contribution in [-0.2, 0) is 19.6 Å². The van der Waals surface area contributed by atoms with Gasteiger partial charge in [-0.1, -0.05) is 13.8 Å². The number of amides is 1. The molecule has 0 radical (unpaired) electrons. The predicted octanol–water partition coefficient (Wildman–Crippen LogP) is 1.23. The van der Waals surface area contributed by atoms with Crippen molar-refractivity contribution < 1.29 is 22.4 Å². The highest BCUT2D eigenvalue weighted by molar-refractivity contribution is 7.89. The van der Waals surface area contributed by atoms with Crippen LogP contribution in [0.2, 0.25) is 0 Å². The Balaban J connectivity index is 1.30. The Morgan fingerprint density at radius 3 is 2.53 bits per heavy atom. The van der Waals surface area contributed by atoms with Crippen LogP contribution in [0, 0.1) is 28.1 Å². The van der Waals surface area contributed by atoms with Gasteiger partial charge in [-0.3, -0.25) is 9.59 Å². The number of carbonyl (C=O) groups is 2. The smallest absolute Gasteiger partial charge is 0.237 e. The molecule has 1 N–H and O–H groups in total. The van der Waals surface area contributed by atoms with Crippen LogP contribution >= 0.6 is 0 Å². The summed E-state index contributed by atoms with van der Waals surface area (Å²) in [6.45, 7) is 4.74. The molecule has 2 aliphatic carbocycles. The van der Waals surface area contributed by atoms with Crippen molar-refractivity contribution in [3.8, 4) is 6.07 Å². The normalized spacial score (nSPS) is 35.4. The second-order valence-electron chi connectivity index (χ2n) is 10.5. The first-order valence-electron chi connectivity index (χ1n) is 11.6. The average Bonchev–Trinajstić information content (AvgIpc) is 3.30. The third-order valence-corrected chi connectivity index (χ3v) is 10.7. The fourth-order valence-corrected chi connectivity index (χ4v) is 8.61. The van der Waals surface area contributed by atoms with E-state index in [1.54, 1.807) is 0 Å². The number of carbonyl (C=O) groups excluding carboxylic acids is 2. The Morgan fingerprint density at radius 1 is 1.28 bits per heavy atom. The maximum absolute atomic E-state index is 13.5. The first-order chi connectivity index (χ1) is 15.0. The number of halogens is 1. The summed E-state index contributed by atoms with van der Waals surface area (Å²) in [6, 6.07) is 1.24. The Morgan fingerprint density at radius 2 is 1.97 bits per heavy atom. The summed E-state index contributed by atoms with van der Waals surface area (Å²) in [5.41, 5.74) is -1.05. The molecule has 4 fully saturated rings. The SMILES string of the molecule is CC1(C)C2CCC1(CS(=O)(=O)N1CCC(NCC(=O)N3C[C@@H](F)C[C@H]3C#N)CC1)C(=O)C2. The van der Waals surface area contributed by atoms with E-state index in [0.29, 0.717) is 38.8 Å². The third kappa shape index (κ3) is 3.86. The molecular formula is C22H33FN4O4S. The molecule has 2 aliphatic heterocycles. The molecule has 2 heterocycles. The van der Waals surface area contributed by atoms with Crippen molar-refractivity contribution in [1.82, 2.24) is 14.5 Å². The van der Waals surface area contributed by atoms with Crippen LogP contribution in [0.25, 0.3) is 0 Å². The number of nitriles is 1. The number of rotatable bonds is 6. The van der Waals surface area contributed by atoms with Gasteiger partial charge in [0, 0.05) is 37.4 Å². The van der Waals surface area contributed by atoms with Crippen LogP contribution in [0.4, 0.5) is 4.39 Å². The number of ketones is 1. The minimum atomic E-state index is -3.57. The number of hydrogen-bond acceptors (Lipinski definition) is 6. The van der Waals surface area contributed by atoms with E-state index in [-0.39, 0.29) is 54.3 Å². The van der Waals surface area contributed by atoms with Crippen LogP contribution in [0.1, 0.15) is 52.4 Å². The summed E-state index contributed by atoms with van der Waals surface area (Å²) in [4.78, 5) is 26.4. The summed E-state index contributed by atoms with van der Waals surface area (Å²) < 4.78 is 41.5. The molecule has 2 saturated heterocycles. The molecule has 0 aromatic heterocycles. The monoisotopic (exact) mass is 468 g/mol. The van der Waals surface area contributed by atoms with Gasteiger partial charge in [-0.25, -0.2) is 17.1 Å². The van der Waals surface area contributed by atoms with Gasteiger partial charge in [0.15, 0.2) is 0 Å². The Kier molecular flexibility index (Phi) is 6.14. The zero-order valence-corrected chi connectivity index (χ0v) is 19.7. The number of likely N-dealkylation sites (tertiary alicyclic amines) is 1. The number of nitrogens with zero attached hydrogens (tertiary/aromatic N) is 3. The van der Waals surface area contributed by atoms with Gasteiger partial charge in [0.2, 0.25) is 15.9 Å². The van der Waals surface area contributed by atoms with Crippen LogP contribution in [0.3, 0.4) is 0 Å². The molecule has 2 saturated carbocycles. The standard InChI is InChI=1S/C22H33FN4O4S/c1-21(2)15-3-6-22(21,19(28)9-15)14-32(30,31)26-7-4-17(5-8-26)25-12-20(29)27-13-16(23)10-18(27)11-24/h15-18,25H,3-10,12-14H2,1-2H3/t15?,16-,18-,22?/m0/s1. The van der Waals surface area contributed by atoms with Crippen molar-refractivity contribution in [2.75, 3.05) is 31.9 Å². The molecule has 4 atom stereocenters. The summed E-state index contributed by atoms with van der Waals surface area (Å²) in [5.74, 6) is -0.0240. The van der Waals surface area contributed by atoms with Crippen molar-refractivity contribution in [1.29, 1.82) is 5.26 Å². The molecule has 178 valence electrons. The predicted molar refractivity (Wildman–Crippen MR) is 116 cm³/mol. The van der Waals surface area contributed by atoms with Crippen LogP contribution in [0.5, 0.6) is 0 Å². The van der Waals surface area contributed by atoms with Gasteiger partial charge in [-0.05, 0) is 37.0 Å². The van der Waals surface area contributed by atoms with Crippen LogP contribution in [0.15, 0.2) is 0 Å². The topological polar surface area (TPSA) is 111 Å². The molecule has 0 spiro atoms. The number of Topliss-reactive ketones (excluding diaryl/α,β-unsaturated/α-hetero) is 1. The second kappa shape index (κ2) is 8.33. The Hall–Kier alpha value is -1.57. The molecule has 2 bridgehead atoms. The number of alkyl halides is 1. The largest absolute Gasteiger partial charge is 0.323 e. The highest BCUT2D eigenvalue weighted by Gasteiger charge is 2.65. The summed E-state index contributed by atoms with van der Waals surface area (Å²) in [6.07, 6.45) is 2.09. The number of fused-ring (bicyclic) bond motifs is 2. The number of nitrogens with one attached hydrogen (secondary N) is 1. The van der Waals surface area contributed by atoms with Gasteiger partial charge in [-0.2, -0.15) is 5.26 Å². The zero-order valence-electron chi connectivity index (χ0n) is 18.8. The first kappa shape index (κ1) is 23.6. The molecule has 2 unspecified atom stereocenters. The van der Waals surface area contributed by atoms with E-state index in [0.717, 1.165) is 6.42 Å². The molecular weight excluding hydrogens is 435 g/mol. The molecule has 8 nitrogen and oxygen atoms in total. The maximum Gasteiger partial charge on any atom is 0.237 e. The summed E-state index contributed by atoms with van der Waals surface area (Å²) >= 11 is 0. The van der Waals surface area contributed by atoms with E-state index in [9.17, 15) is 22.4 Å². The van der Waals surface area contributed by atoms with Crippen LogP contribution < -0.4 is 5.32 Å². The lowest BCUT2D eigenvalue weighted by molar-refractivity contribution is -0.130. The van der Waals surface area contributed by atoms with Gasteiger partial charge in [-0.15, -0.1) is 0 Å². The lowest BCUT2D eigenvalue weighted by Crippen LogP contribution is -2.51. The third-order valence-electron chi connectivity index (χ3n) is 8.68. The van der Waals surface area contributed by atoms with E-state index in [2.05, 4.69) is 5.32 Å². The van der Waals surface area contributed by atoms with Crippen molar-refractivity contribution in [3.05, 3.63) is 0 Å².